The van der Waals surface area contributed by atoms with E-state index in [0.29, 0.717) is 16.0 Å². The van der Waals surface area contributed by atoms with E-state index in [4.69, 9.17) is 0 Å². The maximum Gasteiger partial charge on any atom is 0.274 e. The van der Waals surface area contributed by atoms with Crippen molar-refractivity contribution < 1.29 is 9.18 Å². The smallest absolute Gasteiger partial charge is 0.274 e. The molecule has 2 rings (SSSR count). The van der Waals surface area contributed by atoms with E-state index in [1.54, 1.807) is 25.2 Å². The summed E-state index contributed by atoms with van der Waals surface area (Å²) in [6, 6.07) is 9.13. The van der Waals surface area contributed by atoms with Gasteiger partial charge in [0.1, 0.15) is 17.3 Å². The summed E-state index contributed by atoms with van der Waals surface area (Å²) in [6.45, 7) is 0. The van der Waals surface area contributed by atoms with Gasteiger partial charge in [0.25, 0.3) is 5.91 Å². The first kappa shape index (κ1) is 13.5. The van der Waals surface area contributed by atoms with E-state index in [9.17, 15) is 9.18 Å². The molecule has 0 aliphatic carbocycles. The number of pyridine rings is 1. The molecule has 1 amide bonds. The van der Waals surface area contributed by atoms with E-state index in [1.807, 2.05) is 0 Å². The molecule has 0 fully saturated rings. The zero-order valence-corrected chi connectivity index (χ0v) is 11.7. The van der Waals surface area contributed by atoms with Gasteiger partial charge in [0, 0.05) is 11.5 Å². The number of rotatable bonds is 3. The van der Waals surface area contributed by atoms with E-state index in [-0.39, 0.29) is 17.4 Å². The van der Waals surface area contributed by atoms with Crippen molar-refractivity contribution in [2.75, 3.05) is 17.7 Å². The van der Waals surface area contributed by atoms with E-state index in [0.717, 1.165) is 0 Å². The zero-order chi connectivity index (χ0) is 13.8. The lowest BCUT2D eigenvalue weighted by atomic mass is 10.3. The minimum absolute atomic E-state index is 0.281. The van der Waals surface area contributed by atoms with Crippen molar-refractivity contribution in [3.05, 3.63) is 52.4 Å². The minimum atomic E-state index is -0.375. The number of aromatic nitrogens is 1. The summed E-state index contributed by atoms with van der Waals surface area (Å²) in [5, 5.41) is 5.52. The Morgan fingerprint density at radius 1 is 1.32 bits per heavy atom. The van der Waals surface area contributed by atoms with Crippen molar-refractivity contribution in [1.29, 1.82) is 0 Å². The highest BCUT2D eigenvalue weighted by Crippen LogP contribution is 2.23. The number of halogens is 2. The van der Waals surface area contributed by atoms with Crippen molar-refractivity contribution in [3.8, 4) is 0 Å². The summed E-state index contributed by atoms with van der Waals surface area (Å²) in [5.41, 5.74) is 0.770. The quantitative estimate of drug-likeness (QED) is 0.911. The molecular weight excluding hydrogens is 313 g/mol. The number of anilines is 2. The highest BCUT2D eigenvalue weighted by atomic mass is 79.9. The maximum absolute atomic E-state index is 12.9. The Bertz CT molecular complexity index is 619. The third-order valence-electron chi connectivity index (χ3n) is 2.42. The van der Waals surface area contributed by atoms with Gasteiger partial charge in [-0.3, -0.25) is 4.79 Å². The first-order valence-corrected chi connectivity index (χ1v) is 6.30. The predicted molar refractivity (Wildman–Crippen MR) is 75.8 cm³/mol. The summed E-state index contributed by atoms with van der Waals surface area (Å²) in [5.74, 6) is -0.129. The number of nitrogens with one attached hydrogen (secondary N) is 2. The summed E-state index contributed by atoms with van der Waals surface area (Å²) >= 11 is 3.19. The van der Waals surface area contributed by atoms with Gasteiger partial charge < -0.3 is 10.6 Å². The lowest BCUT2D eigenvalue weighted by Gasteiger charge is -2.08. The third kappa shape index (κ3) is 3.29. The Morgan fingerprint density at radius 2 is 2.11 bits per heavy atom. The minimum Gasteiger partial charge on any atom is -0.373 e. The monoisotopic (exact) mass is 323 g/mol. The maximum atomic E-state index is 12.9. The largest absolute Gasteiger partial charge is 0.373 e. The molecule has 2 N–H and O–H groups in total. The number of hydrogen-bond acceptors (Lipinski definition) is 3. The number of carbonyl (C=O) groups excluding carboxylic acids is 1. The fourth-order valence-corrected chi connectivity index (χ4v) is 1.93. The molecule has 0 atom stereocenters. The van der Waals surface area contributed by atoms with Crippen LogP contribution in [0.15, 0.2) is 40.9 Å². The lowest BCUT2D eigenvalue weighted by Crippen LogP contribution is -2.14. The van der Waals surface area contributed by atoms with Crippen LogP contribution in [-0.4, -0.2) is 17.9 Å². The summed E-state index contributed by atoms with van der Waals surface area (Å²) in [4.78, 5) is 16.1. The van der Waals surface area contributed by atoms with E-state index in [1.165, 1.54) is 18.2 Å². The van der Waals surface area contributed by atoms with Gasteiger partial charge in [-0.25, -0.2) is 9.37 Å². The number of carbonyl (C=O) groups is 1. The number of nitrogens with zero attached hydrogens (tertiary/aromatic N) is 1. The molecule has 4 nitrogen and oxygen atoms in total. The Hall–Kier alpha value is -1.95. The molecule has 0 aliphatic rings. The molecule has 1 heterocycles. The number of amides is 1. The molecule has 6 heteroatoms. The molecule has 0 bridgehead atoms. The molecule has 1 aromatic heterocycles. The average molecular weight is 324 g/mol. The Balaban J connectivity index is 2.20. The molecule has 19 heavy (non-hydrogen) atoms. The number of benzene rings is 1. The fourth-order valence-electron chi connectivity index (χ4n) is 1.48. The van der Waals surface area contributed by atoms with Crippen LogP contribution in [-0.2, 0) is 0 Å². The first-order chi connectivity index (χ1) is 9.10. The highest BCUT2D eigenvalue weighted by Gasteiger charge is 2.10. The molecule has 2 aromatic rings. The Morgan fingerprint density at radius 3 is 2.79 bits per heavy atom. The molecule has 0 spiro atoms. The topological polar surface area (TPSA) is 54.0 Å². The van der Waals surface area contributed by atoms with Crippen LogP contribution >= 0.6 is 15.9 Å². The normalized spacial score (nSPS) is 10.1. The van der Waals surface area contributed by atoms with Crippen molar-refractivity contribution in [3.63, 3.8) is 0 Å². The van der Waals surface area contributed by atoms with Crippen LogP contribution in [0.5, 0.6) is 0 Å². The Labute approximate surface area is 118 Å². The second kappa shape index (κ2) is 5.79. The van der Waals surface area contributed by atoms with E-state index < -0.39 is 0 Å². The Kier molecular flexibility index (Phi) is 4.11. The molecule has 1 aromatic carbocycles. The molecule has 98 valence electrons. The van der Waals surface area contributed by atoms with Crippen LogP contribution in [0, 0.1) is 5.82 Å². The predicted octanol–water partition coefficient (Wildman–Crippen LogP) is 3.28. The molecule has 0 aliphatic heterocycles. The molecule has 0 unspecified atom stereocenters. The first-order valence-electron chi connectivity index (χ1n) is 5.51. The van der Waals surface area contributed by atoms with Crippen LogP contribution < -0.4 is 10.6 Å². The average Bonchev–Trinajstić information content (AvgIpc) is 2.42. The second-order valence-electron chi connectivity index (χ2n) is 3.74. The van der Waals surface area contributed by atoms with Crippen LogP contribution in [0.4, 0.5) is 15.9 Å². The van der Waals surface area contributed by atoms with Crippen LogP contribution in [0.2, 0.25) is 0 Å². The van der Waals surface area contributed by atoms with Gasteiger partial charge in [-0.1, -0.05) is 6.07 Å². The summed E-state index contributed by atoms with van der Waals surface area (Å²) < 4.78 is 13.4. The standard InChI is InChI=1S/C13H11BrFN3O/c1-16-12-4-2-3-11(17-12)13(19)18-10-6-5-8(15)7-9(10)14/h2-7H,1H3,(H,16,17)(H,18,19). The van der Waals surface area contributed by atoms with Crippen molar-refractivity contribution in [2.24, 2.45) is 0 Å². The second-order valence-corrected chi connectivity index (χ2v) is 4.59. The SMILES string of the molecule is CNc1cccc(C(=O)Nc2ccc(F)cc2Br)n1. The van der Waals surface area contributed by atoms with Gasteiger partial charge in [0.05, 0.1) is 5.69 Å². The van der Waals surface area contributed by atoms with Crippen molar-refractivity contribution >= 4 is 33.3 Å². The highest BCUT2D eigenvalue weighted by molar-refractivity contribution is 9.10. The third-order valence-corrected chi connectivity index (χ3v) is 3.07. The van der Waals surface area contributed by atoms with Gasteiger partial charge >= 0.3 is 0 Å². The van der Waals surface area contributed by atoms with Gasteiger partial charge in [-0.2, -0.15) is 0 Å². The molecule has 0 saturated heterocycles. The van der Waals surface area contributed by atoms with E-state index in [2.05, 4.69) is 31.5 Å². The summed E-state index contributed by atoms with van der Waals surface area (Å²) in [7, 11) is 1.72. The van der Waals surface area contributed by atoms with Crippen molar-refractivity contribution in [2.45, 2.75) is 0 Å². The zero-order valence-electron chi connectivity index (χ0n) is 10.1. The molecule has 0 radical (unpaired) electrons. The van der Waals surface area contributed by atoms with E-state index >= 15 is 0 Å². The molecular formula is C13H11BrFN3O. The summed E-state index contributed by atoms with van der Waals surface area (Å²) in [6.07, 6.45) is 0. The fraction of sp³-hybridized carbons (Fsp3) is 0.0769. The van der Waals surface area contributed by atoms with Gasteiger partial charge in [0.2, 0.25) is 0 Å². The van der Waals surface area contributed by atoms with Crippen LogP contribution in [0.25, 0.3) is 0 Å². The lowest BCUT2D eigenvalue weighted by molar-refractivity contribution is 0.102. The van der Waals surface area contributed by atoms with Crippen LogP contribution in [0.1, 0.15) is 10.5 Å². The molecule has 0 saturated carbocycles. The van der Waals surface area contributed by atoms with Gasteiger partial charge in [0.15, 0.2) is 0 Å². The number of hydrogen-bond donors (Lipinski definition) is 2. The van der Waals surface area contributed by atoms with Crippen molar-refractivity contribution in [1.82, 2.24) is 4.98 Å². The van der Waals surface area contributed by atoms with Gasteiger partial charge in [-0.15, -0.1) is 0 Å². The van der Waals surface area contributed by atoms with Crippen LogP contribution in [0.3, 0.4) is 0 Å². The van der Waals surface area contributed by atoms with Gasteiger partial charge in [-0.05, 0) is 46.3 Å².